The molecule has 52 valence electrons. The molecule has 0 saturated heterocycles. The van der Waals surface area contributed by atoms with Gasteiger partial charge in [0.25, 0.3) is 0 Å². The number of nitrogens with one attached hydrogen (secondary N) is 1. The lowest BCUT2D eigenvalue weighted by molar-refractivity contribution is 0.101. The average Bonchev–Trinajstić information content (AvgIpc) is 1.88. The van der Waals surface area contributed by atoms with Crippen molar-refractivity contribution in [1.82, 2.24) is 4.98 Å². The van der Waals surface area contributed by atoms with Crippen molar-refractivity contribution in [2.24, 2.45) is 0 Å². The molecule has 0 bridgehead atoms. The minimum Gasteiger partial charge on any atom is -0.352 e. The number of Topliss-reactive ketones (excluding diaryl/α,β-unsaturated/α-hetero) is 1. The lowest BCUT2D eigenvalue weighted by Crippen LogP contribution is -1.91. The molecule has 0 fully saturated rings. The van der Waals surface area contributed by atoms with E-state index in [0.29, 0.717) is 10.2 Å². The summed E-state index contributed by atoms with van der Waals surface area (Å²) in [7, 11) is 0. The fraction of sp³-hybridized carbons (Fsp3) is 0.143. The van der Waals surface area contributed by atoms with Crippen LogP contribution in [0.15, 0.2) is 18.3 Å². The number of pyridine rings is 1. The molecule has 2 nitrogen and oxygen atoms in total. The van der Waals surface area contributed by atoms with E-state index in [2.05, 4.69) is 4.98 Å². The van der Waals surface area contributed by atoms with Crippen LogP contribution in [-0.4, -0.2) is 10.8 Å². The quantitative estimate of drug-likeness (QED) is 0.494. The Labute approximate surface area is 63.9 Å². The smallest absolute Gasteiger partial charge is 0.161 e. The molecule has 1 rings (SSSR count). The second-order valence-electron chi connectivity index (χ2n) is 2.00. The number of H-pyrrole nitrogens is 1. The van der Waals surface area contributed by atoms with Crippen molar-refractivity contribution in [3.8, 4) is 0 Å². The van der Waals surface area contributed by atoms with E-state index in [1.54, 1.807) is 18.3 Å². The van der Waals surface area contributed by atoms with E-state index in [9.17, 15) is 4.79 Å². The number of carbonyl (C=O) groups excluding carboxylic acids is 1. The van der Waals surface area contributed by atoms with Crippen LogP contribution in [0.25, 0.3) is 0 Å². The molecule has 1 aromatic rings. The largest absolute Gasteiger partial charge is 0.352 e. The van der Waals surface area contributed by atoms with Crippen molar-refractivity contribution in [2.45, 2.75) is 6.92 Å². The molecule has 0 aliphatic heterocycles. The van der Waals surface area contributed by atoms with E-state index in [4.69, 9.17) is 12.2 Å². The maximum Gasteiger partial charge on any atom is 0.161 e. The summed E-state index contributed by atoms with van der Waals surface area (Å²) in [5, 5.41) is 0. The maximum absolute atomic E-state index is 10.7. The SMILES string of the molecule is CC(=O)c1ccc(=S)[nH]c1. The second kappa shape index (κ2) is 2.75. The van der Waals surface area contributed by atoms with Gasteiger partial charge in [-0.2, -0.15) is 0 Å². The maximum atomic E-state index is 10.7. The Balaban J connectivity index is 3.12. The third-order valence-corrected chi connectivity index (χ3v) is 1.44. The predicted octanol–water partition coefficient (Wildman–Crippen LogP) is 1.95. The molecule has 0 aromatic carbocycles. The Morgan fingerprint density at radius 2 is 2.30 bits per heavy atom. The fourth-order valence-electron chi connectivity index (χ4n) is 0.630. The van der Waals surface area contributed by atoms with Crippen molar-refractivity contribution in [3.05, 3.63) is 28.5 Å². The average molecular weight is 153 g/mol. The van der Waals surface area contributed by atoms with E-state index in [1.807, 2.05) is 0 Å². The van der Waals surface area contributed by atoms with Crippen molar-refractivity contribution >= 4 is 18.0 Å². The second-order valence-corrected chi connectivity index (χ2v) is 2.44. The van der Waals surface area contributed by atoms with E-state index >= 15 is 0 Å². The van der Waals surface area contributed by atoms with Gasteiger partial charge in [-0.15, -0.1) is 0 Å². The van der Waals surface area contributed by atoms with Crippen LogP contribution in [0.4, 0.5) is 0 Å². The molecule has 1 aromatic heterocycles. The summed E-state index contributed by atoms with van der Waals surface area (Å²) < 4.78 is 0.644. The Hall–Kier alpha value is -0.960. The first-order valence-corrected chi connectivity index (χ1v) is 3.30. The van der Waals surface area contributed by atoms with Crippen molar-refractivity contribution in [2.75, 3.05) is 0 Å². The zero-order valence-electron chi connectivity index (χ0n) is 5.55. The lowest BCUT2D eigenvalue weighted by atomic mass is 10.2. The van der Waals surface area contributed by atoms with Crippen molar-refractivity contribution in [3.63, 3.8) is 0 Å². The molecule has 10 heavy (non-hydrogen) atoms. The van der Waals surface area contributed by atoms with Gasteiger partial charge in [-0.1, -0.05) is 12.2 Å². The van der Waals surface area contributed by atoms with E-state index in [1.165, 1.54) is 6.92 Å². The van der Waals surface area contributed by atoms with Crippen molar-refractivity contribution in [1.29, 1.82) is 0 Å². The van der Waals surface area contributed by atoms with Crippen LogP contribution in [0, 0.1) is 4.64 Å². The Bertz CT molecular complexity index is 282. The molecule has 0 atom stereocenters. The molecular formula is C7H7NOS. The summed E-state index contributed by atoms with van der Waals surface area (Å²) in [5.74, 6) is 0.0475. The van der Waals surface area contributed by atoms with Crippen LogP contribution >= 0.6 is 12.2 Å². The number of rotatable bonds is 1. The number of hydrogen-bond acceptors (Lipinski definition) is 2. The highest BCUT2D eigenvalue weighted by molar-refractivity contribution is 7.71. The van der Waals surface area contributed by atoms with Gasteiger partial charge in [0.1, 0.15) is 4.64 Å². The molecular weight excluding hydrogens is 146 g/mol. The van der Waals surface area contributed by atoms with Gasteiger partial charge in [0.05, 0.1) is 0 Å². The molecule has 0 saturated carbocycles. The van der Waals surface area contributed by atoms with E-state index in [0.717, 1.165) is 0 Å². The fourth-order valence-corrected chi connectivity index (χ4v) is 0.757. The molecule has 0 radical (unpaired) electrons. The first-order valence-electron chi connectivity index (χ1n) is 2.90. The molecule has 0 aliphatic carbocycles. The van der Waals surface area contributed by atoms with Crippen LogP contribution in [0.5, 0.6) is 0 Å². The van der Waals surface area contributed by atoms with Gasteiger partial charge in [0.2, 0.25) is 0 Å². The molecule has 3 heteroatoms. The zero-order chi connectivity index (χ0) is 7.56. The van der Waals surface area contributed by atoms with Crippen molar-refractivity contribution < 1.29 is 4.79 Å². The third kappa shape index (κ3) is 1.51. The van der Waals surface area contributed by atoms with E-state index < -0.39 is 0 Å². The predicted molar refractivity (Wildman–Crippen MR) is 41.6 cm³/mol. The highest BCUT2D eigenvalue weighted by atomic mass is 32.1. The Kier molecular flexibility index (Phi) is 1.97. The van der Waals surface area contributed by atoms with Crippen LogP contribution in [0.3, 0.4) is 0 Å². The number of carbonyl (C=O) groups is 1. The summed E-state index contributed by atoms with van der Waals surface area (Å²) in [6, 6.07) is 3.41. The van der Waals surface area contributed by atoms with Crippen LogP contribution in [0.2, 0.25) is 0 Å². The van der Waals surface area contributed by atoms with Gasteiger partial charge in [-0.25, -0.2) is 0 Å². The monoisotopic (exact) mass is 153 g/mol. The standard InChI is InChI=1S/C7H7NOS/c1-5(9)6-2-3-7(10)8-4-6/h2-4H,1H3,(H,8,10). The summed E-state index contributed by atoms with van der Waals surface area (Å²) in [5.41, 5.74) is 0.661. The number of aromatic amines is 1. The first kappa shape index (κ1) is 7.15. The molecule has 1 N–H and O–H groups in total. The number of hydrogen-bond donors (Lipinski definition) is 1. The van der Waals surface area contributed by atoms with Crippen LogP contribution < -0.4 is 0 Å². The Morgan fingerprint density at radius 3 is 2.70 bits per heavy atom. The molecule has 0 aliphatic rings. The summed E-state index contributed by atoms with van der Waals surface area (Å²) in [6.45, 7) is 1.52. The normalized spacial score (nSPS) is 9.30. The number of ketones is 1. The van der Waals surface area contributed by atoms with Crippen LogP contribution in [0.1, 0.15) is 17.3 Å². The number of aromatic nitrogens is 1. The van der Waals surface area contributed by atoms with Gasteiger partial charge in [0.15, 0.2) is 5.78 Å². The minimum atomic E-state index is 0.0475. The minimum absolute atomic E-state index is 0.0475. The Morgan fingerprint density at radius 1 is 1.60 bits per heavy atom. The highest BCUT2D eigenvalue weighted by Crippen LogP contribution is 1.96. The van der Waals surface area contributed by atoms with Crippen LogP contribution in [-0.2, 0) is 0 Å². The van der Waals surface area contributed by atoms with E-state index in [-0.39, 0.29) is 5.78 Å². The van der Waals surface area contributed by atoms with Gasteiger partial charge in [-0.05, 0) is 19.1 Å². The molecule has 1 heterocycles. The molecule has 0 amide bonds. The van der Waals surface area contributed by atoms with Gasteiger partial charge in [-0.3, -0.25) is 4.79 Å². The van der Waals surface area contributed by atoms with Gasteiger partial charge < -0.3 is 4.98 Å². The lowest BCUT2D eigenvalue weighted by Gasteiger charge is -1.91. The first-order chi connectivity index (χ1) is 4.70. The van der Waals surface area contributed by atoms with Gasteiger partial charge >= 0.3 is 0 Å². The zero-order valence-corrected chi connectivity index (χ0v) is 6.37. The summed E-state index contributed by atoms with van der Waals surface area (Å²) in [4.78, 5) is 13.5. The molecule has 0 spiro atoms. The highest BCUT2D eigenvalue weighted by Gasteiger charge is 1.94. The summed E-state index contributed by atoms with van der Waals surface area (Å²) in [6.07, 6.45) is 1.62. The summed E-state index contributed by atoms with van der Waals surface area (Å²) >= 11 is 4.79. The molecule has 0 unspecified atom stereocenters. The third-order valence-electron chi connectivity index (χ3n) is 1.19. The van der Waals surface area contributed by atoms with Gasteiger partial charge in [0, 0.05) is 11.8 Å². The topological polar surface area (TPSA) is 32.9 Å².